The Morgan fingerprint density at radius 1 is 1.37 bits per heavy atom. The number of primary amides is 1. The number of rotatable bonds is 6. The van der Waals surface area contributed by atoms with E-state index in [0.717, 1.165) is 12.8 Å². The van der Waals surface area contributed by atoms with Crippen LogP contribution in [0.2, 0.25) is 0 Å². The van der Waals surface area contributed by atoms with Gasteiger partial charge in [-0.15, -0.1) is 0 Å². The largest absolute Gasteiger partial charge is 0.364 e. The average molecular weight is 267 g/mol. The lowest BCUT2D eigenvalue weighted by molar-refractivity contribution is 0.0991. The minimum absolute atomic E-state index is 0.227. The Kier molecular flexibility index (Phi) is 5.35. The summed E-state index contributed by atoms with van der Waals surface area (Å²) in [6, 6.07) is -0.352. The maximum atomic E-state index is 11.7. The minimum Gasteiger partial charge on any atom is -0.364 e. The topological polar surface area (TPSA) is 102 Å². The van der Waals surface area contributed by atoms with Gasteiger partial charge in [0.25, 0.3) is 5.91 Å². The highest BCUT2D eigenvalue weighted by Crippen LogP contribution is 2.19. The fraction of sp³-hybridized carbons (Fsp3) is 0.583. The van der Waals surface area contributed by atoms with E-state index in [1.165, 1.54) is 4.68 Å². The SMILES string of the molecule is CCCCNC(=O)Nc1c(C)nn(CC)c1C(N)=O. The lowest BCUT2D eigenvalue weighted by atomic mass is 10.3. The van der Waals surface area contributed by atoms with Crippen molar-refractivity contribution in [2.24, 2.45) is 5.73 Å². The van der Waals surface area contributed by atoms with Crippen molar-refractivity contribution in [1.82, 2.24) is 15.1 Å². The number of carbonyl (C=O) groups excluding carboxylic acids is 2. The zero-order valence-corrected chi connectivity index (χ0v) is 11.6. The maximum absolute atomic E-state index is 11.7. The Balaban J connectivity index is 2.85. The van der Waals surface area contributed by atoms with E-state index < -0.39 is 5.91 Å². The van der Waals surface area contributed by atoms with Gasteiger partial charge in [0, 0.05) is 13.1 Å². The third-order valence-electron chi connectivity index (χ3n) is 2.71. The Hall–Kier alpha value is -2.05. The van der Waals surface area contributed by atoms with Crippen LogP contribution in [0.4, 0.5) is 10.5 Å². The molecule has 0 unspecified atom stereocenters. The van der Waals surface area contributed by atoms with Crippen LogP contribution in [-0.4, -0.2) is 28.3 Å². The highest BCUT2D eigenvalue weighted by atomic mass is 16.2. The number of unbranched alkanes of at least 4 members (excludes halogenated alkanes) is 1. The zero-order valence-electron chi connectivity index (χ0n) is 11.6. The highest BCUT2D eigenvalue weighted by molar-refractivity contribution is 6.02. The van der Waals surface area contributed by atoms with E-state index in [2.05, 4.69) is 15.7 Å². The molecule has 0 atom stereocenters. The van der Waals surface area contributed by atoms with Gasteiger partial charge in [-0.3, -0.25) is 9.48 Å². The molecule has 0 radical (unpaired) electrons. The first kappa shape index (κ1) is 15.0. The summed E-state index contributed by atoms with van der Waals surface area (Å²) in [5.41, 5.74) is 6.51. The van der Waals surface area contributed by atoms with E-state index >= 15 is 0 Å². The Labute approximate surface area is 112 Å². The first-order chi connectivity index (χ1) is 9.01. The van der Waals surface area contributed by atoms with Gasteiger partial charge < -0.3 is 16.4 Å². The van der Waals surface area contributed by atoms with Crippen molar-refractivity contribution >= 4 is 17.6 Å². The molecule has 0 fully saturated rings. The van der Waals surface area contributed by atoms with E-state index in [1.807, 2.05) is 13.8 Å². The number of hydrogen-bond acceptors (Lipinski definition) is 3. The summed E-state index contributed by atoms with van der Waals surface area (Å²) in [6.45, 7) is 6.72. The van der Waals surface area contributed by atoms with Gasteiger partial charge in [-0.05, 0) is 20.3 Å². The number of aryl methyl sites for hydroxylation is 2. The molecule has 19 heavy (non-hydrogen) atoms. The van der Waals surface area contributed by atoms with Crippen molar-refractivity contribution in [3.8, 4) is 0 Å². The summed E-state index contributed by atoms with van der Waals surface area (Å²) in [7, 11) is 0. The maximum Gasteiger partial charge on any atom is 0.319 e. The van der Waals surface area contributed by atoms with Crippen LogP contribution in [0, 0.1) is 6.92 Å². The lowest BCUT2D eigenvalue weighted by Gasteiger charge is -2.08. The second-order valence-electron chi connectivity index (χ2n) is 4.22. The van der Waals surface area contributed by atoms with Crippen molar-refractivity contribution in [3.63, 3.8) is 0 Å². The van der Waals surface area contributed by atoms with Crippen LogP contribution < -0.4 is 16.4 Å². The van der Waals surface area contributed by atoms with Crippen LogP contribution in [0.25, 0.3) is 0 Å². The van der Waals surface area contributed by atoms with Gasteiger partial charge >= 0.3 is 6.03 Å². The molecule has 0 spiro atoms. The number of aromatic nitrogens is 2. The molecule has 0 saturated carbocycles. The molecular weight excluding hydrogens is 246 g/mol. The van der Waals surface area contributed by atoms with E-state index in [4.69, 9.17) is 5.73 Å². The van der Waals surface area contributed by atoms with Crippen LogP contribution in [0.1, 0.15) is 42.9 Å². The second-order valence-corrected chi connectivity index (χ2v) is 4.22. The molecule has 1 aromatic heterocycles. The van der Waals surface area contributed by atoms with Crippen LogP contribution in [0.15, 0.2) is 0 Å². The summed E-state index contributed by atoms with van der Waals surface area (Å²) in [6.07, 6.45) is 1.91. The number of hydrogen-bond donors (Lipinski definition) is 3. The standard InChI is InChI=1S/C12H21N5O2/c1-4-6-7-14-12(19)15-9-8(3)16-17(5-2)10(9)11(13)18/h4-7H2,1-3H3,(H2,13,18)(H2,14,15,19). The predicted molar refractivity (Wildman–Crippen MR) is 73.1 cm³/mol. The first-order valence-electron chi connectivity index (χ1n) is 6.43. The molecule has 0 aliphatic rings. The van der Waals surface area contributed by atoms with Crippen molar-refractivity contribution in [1.29, 1.82) is 0 Å². The molecule has 0 aromatic carbocycles. The van der Waals surface area contributed by atoms with Crippen LogP contribution in [0.5, 0.6) is 0 Å². The quantitative estimate of drug-likeness (QED) is 0.675. The van der Waals surface area contributed by atoms with Crippen molar-refractivity contribution in [2.75, 3.05) is 11.9 Å². The van der Waals surface area contributed by atoms with Gasteiger partial charge in [0.2, 0.25) is 0 Å². The number of anilines is 1. The molecule has 106 valence electrons. The summed E-state index contributed by atoms with van der Waals surface area (Å²) in [4.78, 5) is 23.1. The fourth-order valence-corrected chi connectivity index (χ4v) is 1.75. The number of nitrogens with two attached hydrogens (primary N) is 1. The van der Waals surface area contributed by atoms with Gasteiger partial charge in [0.15, 0.2) is 0 Å². The second kappa shape index (κ2) is 6.77. The van der Waals surface area contributed by atoms with E-state index in [0.29, 0.717) is 24.5 Å². The third kappa shape index (κ3) is 3.70. The third-order valence-corrected chi connectivity index (χ3v) is 2.71. The normalized spacial score (nSPS) is 10.3. The van der Waals surface area contributed by atoms with E-state index in [9.17, 15) is 9.59 Å². The number of carbonyl (C=O) groups is 2. The van der Waals surface area contributed by atoms with Gasteiger partial charge in [-0.1, -0.05) is 13.3 Å². The van der Waals surface area contributed by atoms with Gasteiger partial charge in [0.1, 0.15) is 5.69 Å². The Bertz CT molecular complexity index is 467. The molecular formula is C12H21N5O2. The van der Waals surface area contributed by atoms with Crippen LogP contribution in [0.3, 0.4) is 0 Å². The first-order valence-corrected chi connectivity index (χ1v) is 6.43. The average Bonchev–Trinajstić information content (AvgIpc) is 2.66. The fourth-order valence-electron chi connectivity index (χ4n) is 1.75. The summed E-state index contributed by atoms with van der Waals surface area (Å²) in [5.74, 6) is -0.605. The van der Waals surface area contributed by atoms with E-state index in [-0.39, 0.29) is 11.7 Å². The monoisotopic (exact) mass is 267 g/mol. The van der Waals surface area contributed by atoms with Crippen molar-refractivity contribution < 1.29 is 9.59 Å². The summed E-state index contributed by atoms with van der Waals surface area (Å²) < 4.78 is 1.49. The minimum atomic E-state index is -0.605. The highest BCUT2D eigenvalue weighted by Gasteiger charge is 2.20. The molecule has 0 bridgehead atoms. The molecule has 4 N–H and O–H groups in total. The van der Waals surface area contributed by atoms with Crippen LogP contribution >= 0.6 is 0 Å². The van der Waals surface area contributed by atoms with Gasteiger partial charge in [-0.2, -0.15) is 5.10 Å². The van der Waals surface area contributed by atoms with Crippen molar-refractivity contribution in [3.05, 3.63) is 11.4 Å². The van der Waals surface area contributed by atoms with Crippen LogP contribution in [-0.2, 0) is 6.54 Å². The molecule has 7 nitrogen and oxygen atoms in total. The number of nitrogens with zero attached hydrogens (tertiary/aromatic N) is 2. The molecule has 7 heteroatoms. The molecule has 0 aliphatic carbocycles. The Morgan fingerprint density at radius 2 is 2.05 bits per heavy atom. The summed E-state index contributed by atoms with van der Waals surface area (Å²) in [5, 5.41) is 9.53. The molecule has 1 heterocycles. The molecule has 1 aromatic rings. The van der Waals surface area contributed by atoms with Gasteiger partial charge in [-0.25, -0.2) is 4.79 Å². The number of nitrogens with one attached hydrogen (secondary N) is 2. The smallest absolute Gasteiger partial charge is 0.319 e. The predicted octanol–water partition coefficient (Wildman–Crippen LogP) is 1.23. The summed E-state index contributed by atoms with van der Waals surface area (Å²) >= 11 is 0. The number of urea groups is 1. The van der Waals surface area contributed by atoms with E-state index in [1.54, 1.807) is 6.92 Å². The zero-order chi connectivity index (χ0) is 14.4. The molecule has 0 aliphatic heterocycles. The lowest BCUT2D eigenvalue weighted by Crippen LogP contribution is -2.30. The molecule has 1 rings (SSSR count). The Morgan fingerprint density at radius 3 is 2.58 bits per heavy atom. The molecule has 0 saturated heterocycles. The number of amides is 3. The van der Waals surface area contributed by atoms with Gasteiger partial charge in [0.05, 0.1) is 11.4 Å². The van der Waals surface area contributed by atoms with Crippen molar-refractivity contribution in [2.45, 2.75) is 40.2 Å². The molecule has 3 amide bonds.